The van der Waals surface area contributed by atoms with Crippen LogP contribution in [0.2, 0.25) is 0 Å². The molecule has 2 aromatic rings. The van der Waals surface area contributed by atoms with Crippen LogP contribution < -0.4 is 14.8 Å². The molecule has 23 heavy (non-hydrogen) atoms. The summed E-state index contributed by atoms with van der Waals surface area (Å²) < 4.78 is 11.1. The zero-order chi connectivity index (χ0) is 16.2. The van der Waals surface area contributed by atoms with Gasteiger partial charge in [0.1, 0.15) is 25.1 Å². The molecule has 1 aromatic carbocycles. The van der Waals surface area contributed by atoms with E-state index in [4.69, 9.17) is 9.47 Å². The van der Waals surface area contributed by atoms with Crippen molar-refractivity contribution in [2.45, 2.75) is 20.3 Å². The molecule has 0 aliphatic carbocycles. The fourth-order valence-corrected chi connectivity index (χ4v) is 2.67. The highest BCUT2D eigenvalue weighted by Crippen LogP contribution is 2.30. The van der Waals surface area contributed by atoms with Gasteiger partial charge in [-0.2, -0.15) is 5.26 Å². The summed E-state index contributed by atoms with van der Waals surface area (Å²) in [5.41, 5.74) is 3.62. The Morgan fingerprint density at radius 3 is 2.74 bits per heavy atom. The van der Waals surface area contributed by atoms with E-state index in [1.807, 2.05) is 38.1 Å². The van der Waals surface area contributed by atoms with E-state index < -0.39 is 0 Å². The lowest BCUT2D eigenvalue weighted by Gasteiger charge is -2.19. The second kappa shape index (κ2) is 6.57. The molecule has 1 aliphatic heterocycles. The van der Waals surface area contributed by atoms with E-state index in [1.165, 1.54) is 0 Å². The molecule has 118 valence electrons. The summed E-state index contributed by atoms with van der Waals surface area (Å²) in [6.45, 7) is 5.75. The topological polar surface area (TPSA) is 67.2 Å². The van der Waals surface area contributed by atoms with Gasteiger partial charge in [-0.15, -0.1) is 0 Å². The van der Waals surface area contributed by atoms with Gasteiger partial charge in [0.25, 0.3) is 0 Å². The molecule has 0 unspecified atom stereocenters. The maximum absolute atomic E-state index is 9.28. The smallest absolute Gasteiger partial charge is 0.161 e. The van der Waals surface area contributed by atoms with Crippen LogP contribution in [0.15, 0.2) is 24.3 Å². The summed E-state index contributed by atoms with van der Waals surface area (Å²) in [5, 5.41) is 12.5. The molecular formula is C18H19N3O2. The Balaban J connectivity index is 1.67. The average molecular weight is 309 g/mol. The lowest BCUT2D eigenvalue weighted by Crippen LogP contribution is -2.15. The third-order valence-corrected chi connectivity index (χ3v) is 3.77. The van der Waals surface area contributed by atoms with Gasteiger partial charge in [0, 0.05) is 12.2 Å². The number of ether oxygens (including phenoxy) is 2. The van der Waals surface area contributed by atoms with Gasteiger partial charge in [0.15, 0.2) is 11.5 Å². The summed E-state index contributed by atoms with van der Waals surface area (Å²) >= 11 is 0. The third kappa shape index (κ3) is 3.37. The third-order valence-electron chi connectivity index (χ3n) is 3.77. The minimum atomic E-state index is 0.590. The minimum Gasteiger partial charge on any atom is -0.486 e. The molecule has 0 saturated heterocycles. The van der Waals surface area contributed by atoms with E-state index in [1.54, 1.807) is 0 Å². The Hall–Kier alpha value is -2.74. The van der Waals surface area contributed by atoms with Crippen LogP contribution in [-0.2, 0) is 6.42 Å². The molecule has 0 saturated carbocycles. The van der Waals surface area contributed by atoms with E-state index in [0.29, 0.717) is 31.1 Å². The Labute approximate surface area is 135 Å². The van der Waals surface area contributed by atoms with Crippen molar-refractivity contribution in [1.29, 1.82) is 5.26 Å². The summed E-state index contributed by atoms with van der Waals surface area (Å²) in [6, 6.07) is 10.1. The number of fused-ring (bicyclic) bond motifs is 1. The van der Waals surface area contributed by atoms with Gasteiger partial charge in [0.2, 0.25) is 0 Å². The molecule has 0 amide bonds. The summed E-state index contributed by atoms with van der Waals surface area (Å²) in [4.78, 5) is 4.43. The van der Waals surface area contributed by atoms with Crippen LogP contribution in [0.3, 0.4) is 0 Å². The number of nitriles is 1. The second-order valence-electron chi connectivity index (χ2n) is 5.57. The van der Waals surface area contributed by atoms with Crippen molar-refractivity contribution in [1.82, 2.24) is 4.98 Å². The number of benzene rings is 1. The van der Waals surface area contributed by atoms with E-state index in [2.05, 4.69) is 16.4 Å². The number of hydrogen-bond acceptors (Lipinski definition) is 5. The highest BCUT2D eigenvalue weighted by Gasteiger charge is 2.12. The van der Waals surface area contributed by atoms with Crippen molar-refractivity contribution in [2.75, 3.05) is 25.1 Å². The number of rotatable bonds is 4. The maximum Gasteiger partial charge on any atom is 0.161 e. The molecular weight excluding hydrogens is 290 g/mol. The van der Waals surface area contributed by atoms with Crippen molar-refractivity contribution >= 4 is 5.82 Å². The molecule has 1 N–H and O–H groups in total. The first-order valence-electron chi connectivity index (χ1n) is 7.68. The molecule has 5 nitrogen and oxygen atoms in total. The predicted molar refractivity (Wildman–Crippen MR) is 88.1 cm³/mol. The second-order valence-corrected chi connectivity index (χ2v) is 5.57. The molecule has 0 spiro atoms. The zero-order valence-electron chi connectivity index (χ0n) is 13.3. The molecule has 3 rings (SSSR count). The Morgan fingerprint density at radius 2 is 1.96 bits per heavy atom. The van der Waals surface area contributed by atoms with Crippen molar-refractivity contribution in [3.05, 3.63) is 46.6 Å². The van der Waals surface area contributed by atoms with Gasteiger partial charge in [-0.25, -0.2) is 4.98 Å². The fourth-order valence-electron chi connectivity index (χ4n) is 2.67. The Kier molecular flexibility index (Phi) is 4.33. The molecule has 2 heterocycles. The number of hydrogen-bond donors (Lipinski definition) is 1. The first kappa shape index (κ1) is 15.2. The monoisotopic (exact) mass is 309 g/mol. The molecule has 0 radical (unpaired) electrons. The molecule has 1 aliphatic rings. The fraction of sp³-hybridized carbons (Fsp3) is 0.333. The van der Waals surface area contributed by atoms with Crippen LogP contribution in [0.4, 0.5) is 5.82 Å². The SMILES string of the molecule is Cc1cc(C)c(C#N)c(NCCc2ccc3c(c2)OCCO3)n1. The standard InChI is InChI=1S/C18H19N3O2/c1-12-9-13(2)21-18(15(12)11-19)20-6-5-14-3-4-16-17(10-14)23-8-7-22-16/h3-4,9-10H,5-8H2,1-2H3,(H,20,21). The molecule has 0 atom stereocenters. The molecule has 1 aromatic heterocycles. The van der Waals surface area contributed by atoms with E-state index in [0.717, 1.165) is 34.7 Å². The lowest BCUT2D eigenvalue weighted by molar-refractivity contribution is 0.171. The first-order chi connectivity index (χ1) is 11.2. The van der Waals surface area contributed by atoms with Crippen LogP contribution in [0.5, 0.6) is 11.5 Å². The largest absolute Gasteiger partial charge is 0.486 e. The molecule has 0 bridgehead atoms. The van der Waals surface area contributed by atoms with Gasteiger partial charge < -0.3 is 14.8 Å². The Bertz CT molecular complexity index is 766. The highest BCUT2D eigenvalue weighted by molar-refractivity contribution is 5.56. The van der Waals surface area contributed by atoms with Gasteiger partial charge in [-0.1, -0.05) is 6.07 Å². The lowest BCUT2D eigenvalue weighted by atomic mass is 10.1. The normalized spacial score (nSPS) is 12.6. The van der Waals surface area contributed by atoms with Gasteiger partial charge in [-0.3, -0.25) is 0 Å². The number of nitrogens with zero attached hydrogens (tertiary/aromatic N) is 2. The zero-order valence-corrected chi connectivity index (χ0v) is 13.3. The predicted octanol–water partition coefficient (Wildman–Crippen LogP) is 3.00. The molecule has 0 fully saturated rings. The van der Waals surface area contributed by atoms with Crippen LogP contribution in [0.1, 0.15) is 22.4 Å². The van der Waals surface area contributed by atoms with Gasteiger partial charge in [0.05, 0.1) is 5.56 Å². The van der Waals surface area contributed by atoms with E-state index in [9.17, 15) is 5.26 Å². The van der Waals surface area contributed by atoms with Crippen molar-refractivity contribution < 1.29 is 9.47 Å². The summed E-state index contributed by atoms with van der Waals surface area (Å²) in [6.07, 6.45) is 0.816. The molecule has 5 heteroatoms. The summed E-state index contributed by atoms with van der Waals surface area (Å²) in [7, 11) is 0. The summed E-state index contributed by atoms with van der Waals surface area (Å²) in [5.74, 6) is 2.26. The number of anilines is 1. The average Bonchev–Trinajstić information content (AvgIpc) is 2.54. The van der Waals surface area contributed by atoms with Crippen LogP contribution in [-0.4, -0.2) is 24.7 Å². The van der Waals surface area contributed by atoms with E-state index in [-0.39, 0.29) is 0 Å². The number of aryl methyl sites for hydroxylation is 2. The number of aromatic nitrogens is 1. The van der Waals surface area contributed by atoms with Crippen LogP contribution in [0.25, 0.3) is 0 Å². The quantitative estimate of drug-likeness (QED) is 0.940. The van der Waals surface area contributed by atoms with E-state index >= 15 is 0 Å². The van der Waals surface area contributed by atoms with Gasteiger partial charge >= 0.3 is 0 Å². The van der Waals surface area contributed by atoms with Crippen molar-refractivity contribution in [3.8, 4) is 17.6 Å². The highest BCUT2D eigenvalue weighted by atomic mass is 16.6. The van der Waals surface area contributed by atoms with Crippen molar-refractivity contribution in [3.63, 3.8) is 0 Å². The van der Waals surface area contributed by atoms with Crippen LogP contribution in [0, 0.1) is 25.2 Å². The first-order valence-corrected chi connectivity index (χ1v) is 7.68. The van der Waals surface area contributed by atoms with Gasteiger partial charge in [-0.05, 0) is 49.6 Å². The van der Waals surface area contributed by atoms with Crippen LogP contribution >= 0.6 is 0 Å². The minimum absolute atomic E-state index is 0.590. The number of pyridine rings is 1. The number of nitrogens with one attached hydrogen (secondary N) is 1. The van der Waals surface area contributed by atoms with Crippen molar-refractivity contribution in [2.24, 2.45) is 0 Å². The maximum atomic E-state index is 9.28. The Morgan fingerprint density at radius 1 is 1.17 bits per heavy atom.